The van der Waals surface area contributed by atoms with E-state index in [1.165, 1.54) is 36.8 Å². The van der Waals surface area contributed by atoms with Gasteiger partial charge in [-0.2, -0.15) is 0 Å². The lowest BCUT2D eigenvalue weighted by molar-refractivity contribution is -0.165. The van der Waals surface area contributed by atoms with Crippen molar-refractivity contribution in [2.45, 2.75) is 36.9 Å². The van der Waals surface area contributed by atoms with E-state index in [9.17, 15) is 8.42 Å². The Morgan fingerprint density at radius 1 is 1.13 bits per heavy atom. The molecule has 1 saturated heterocycles. The van der Waals surface area contributed by atoms with Crippen molar-refractivity contribution < 1.29 is 32.6 Å². The second-order valence-electron chi connectivity index (χ2n) is 8.43. The van der Waals surface area contributed by atoms with E-state index in [2.05, 4.69) is 19.8 Å². The largest absolute Gasteiger partial charge is 0.496 e. The van der Waals surface area contributed by atoms with Crippen LogP contribution in [0.15, 0.2) is 64.9 Å². The van der Waals surface area contributed by atoms with Crippen molar-refractivity contribution in [1.29, 1.82) is 0 Å². The number of hydrogen-bond donors (Lipinski definition) is 2. The van der Waals surface area contributed by atoms with Gasteiger partial charge in [-0.05, 0) is 48.6 Å². The third-order valence-corrected chi connectivity index (χ3v) is 7.21. The standard InChI is InChI=1S/C26H30N4O7S/c1-34-23-7-3-2-6-20(23)16-22-25(30-38(32,33)21-11-9-19(10-12-21)17-29-31)27-18-28-26(22)37-15-14-36-24-8-4-5-13-35-24/h2-3,6-7,9-12,17-18,24,31H,4-5,8,13-16H2,1H3,(H,27,28,30). The number of nitrogens with one attached hydrogen (secondary N) is 1. The van der Waals surface area contributed by atoms with Crippen LogP contribution in [0.3, 0.4) is 0 Å². The van der Waals surface area contributed by atoms with Crippen molar-refractivity contribution in [3.63, 3.8) is 0 Å². The predicted octanol–water partition coefficient (Wildman–Crippen LogP) is 3.61. The molecule has 1 atom stereocenters. The lowest BCUT2D eigenvalue weighted by Crippen LogP contribution is -2.24. The molecule has 202 valence electrons. The minimum absolute atomic E-state index is 0.0118. The summed E-state index contributed by atoms with van der Waals surface area (Å²) in [4.78, 5) is 8.51. The van der Waals surface area contributed by atoms with Crippen LogP contribution >= 0.6 is 0 Å². The molecule has 1 aromatic heterocycles. The van der Waals surface area contributed by atoms with E-state index in [0.717, 1.165) is 24.8 Å². The number of ether oxygens (including phenoxy) is 4. The van der Waals surface area contributed by atoms with Crippen LogP contribution in [0.25, 0.3) is 0 Å². The molecule has 0 bridgehead atoms. The quantitative estimate of drug-likeness (QED) is 0.152. The minimum atomic E-state index is -4.01. The lowest BCUT2D eigenvalue weighted by atomic mass is 10.1. The molecule has 0 aliphatic carbocycles. The van der Waals surface area contributed by atoms with Gasteiger partial charge in [0.25, 0.3) is 10.0 Å². The fraction of sp³-hybridized carbons (Fsp3) is 0.346. The summed E-state index contributed by atoms with van der Waals surface area (Å²) in [5.74, 6) is 0.944. The Hall–Kier alpha value is -3.74. The zero-order valence-electron chi connectivity index (χ0n) is 20.9. The first-order valence-electron chi connectivity index (χ1n) is 12.1. The van der Waals surface area contributed by atoms with Gasteiger partial charge >= 0.3 is 0 Å². The van der Waals surface area contributed by atoms with Gasteiger partial charge in [-0.25, -0.2) is 18.4 Å². The summed E-state index contributed by atoms with van der Waals surface area (Å²) in [6.07, 6.45) is 5.37. The molecule has 1 fully saturated rings. The number of benzene rings is 2. The van der Waals surface area contributed by atoms with E-state index in [0.29, 0.717) is 23.5 Å². The number of aromatic nitrogens is 2. The van der Waals surface area contributed by atoms with E-state index < -0.39 is 10.0 Å². The molecular weight excluding hydrogens is 512 g/mol. The van der Waals surface area contributed by atoms with Gasteiger partial charge in [0.15, 0.2) is 12.1 Å². The maximum atomic E-state index is 13.2. The van der Waals surface area contributed by atoms with Crippen LogP contribution in [0.4, 0.5) is 5.82 Å². The van der Waals surface area contributed by atoms with Crippen molar-refractivity contribution >= 4 is 22.1 Å². The molecule has 4 rings (SSSR count). The van der Waals surface area contributed by atoms with Crippen LogP contribution in [0.1, 0.15) is 36.0 Å². The highest BCUT2D eigenvalue weighted by molar-refractivity contribution is 7.92. The molecule has 2 N–H and O–H groups in total. The van der Waals surface area contributed by atoms with Crippen LogP contribution in [0.2, 0.25) is 0 Å². The number of anilines is 1. The first-order valence-corrected chi connectivity index (χ1v) is 13.6. The fourth-order valence-corrected chi connectivity index (χ4v) is 5.00. The van der Waals surface area contributed by atoms with E-state index >= 15 is 0 Å². The molecule has 2 aromatic carbocycles. The van der Waals surface area contributed by atoms with Gasteiger partial charge in [-0.15, -0.1) is 0 Å². The molecule has 1 aliphatic heterocycles. The zero-order valence-corrected chi connectivity index (χ0v) is 21.8. The number of sulfonamides is 1. The van der Waals surface area contributed by atoms with Gasteiger partial charge in [0, 0.05) is 13.0 Å². The molecule has 11 nitrogen and oxygen atoms in total. The normalized spacial score (nSPS) is 15.9. The number of para-hydroxylation sites is 1. The Bertz CT molecular complexity index is 1330. The van der Waals surface area contributed by atoms with Crippen LogP contribution in [0, 0.1) is 0 Å². The number of nitrogens with zero attached hydrogens (tertiary/aromatic N) is 3. The predicted molar refractivity (Wildman–Crippen MR) is 140 cm³/mol. The van der Waals surface area contributed by atoms with Crippen molar-refractivity contribution in [2.24, 2.45) is 5.16 Å². The summed E-state index contributed by atoms with van der Waals surface area (Å²) in [5, 5.41) is 11.6. The van der Waals surface area contributed by atoms with Crippen molar-refractivity contribution in [3.8, 4) is 11.6 Å². The van der Waals surface area contributed by atoms with E-state index in [-0.39, 0.29) is 42.5 Å². The van der Waals surface area contributed by atoms with Gasteiger partial charge in [0.2, 0.25) is 5.88 Å². The van der Waals surface area contributed by atoms with E-state index in [1.807, 2.05) is 24.3 Å². The zero-order chi connectivity index (χ0) is 26.8. The van der Waals surface area contributed by atoms with E-state index in [4.69, 9.17) is 24.2 Å². The Balaban J connectivity index is 1.58. The van der Waals surface area contributed by atoms with Crippen molar-refractivity contribution in [1.82, 2.24) is 9.97 Å². The average Bonchev–Trinajstić information content (AvgIpc) is 2.94. The second kappa shape index (κ2) is 13.2. The summed E-state index contributed by atoms with van der Waals surface area (Å²) in [6, 6.07) is 13.3. The van der Waals surface area contributed by atoms with Crippen LogP contribution < -0.4 is 14.2 Å². The van der Waals surface area contributed by atoms with Gasteiger partial charge < -0.3 is 24.2 Å². The van der Waals surface area contributed by atoms with Crippen molar-refractivity contribution in [3.05, 3.63) is 71.5 Å². The summed E-state index contributed by atoms with van der Waals surface area (Å²) in [5.41, 5.74) is 1.79. The highest BCUT2D eigenvalue weighted by Crippen LogP contribution is 2.30. The number of methoxy groups -OCH3 is 1. The molecule has 1 unspecified atom stereocenters. The Labute approximate surface area is 221 Å². The molecule has 0 radical (unpaired) electrons. The molecule has 3 aromatic rings. The monoisotopic (exact) mass is 542 g/mol. The molecule has 38 heavy (non-hydrogen) atoms. The topological polar surface area (TPSA) is 141 Å². The summed E-state index contributed by atoms with van der Waals surface area (Å²) in [6.45, 7) is 1.16. The molecule has 0 spiro atoms. The van der Waals surface area contributed by atoms with Gasteiger partial charge in [-0.1, -0.05) is 35.5 Å². The third kappa shape index (κ3) is 7.18. The molecule has 1 aliphatic rings. The first kappa shape index (κ1) is 27.3. The average molecular weight is 543 g/mol. The highest BCUT2D eigenvalue weighted by atomic mass is 32.2. The van der Waals surface area contributed by atoms with Crippen molar-refractivity contribution in [2.75, 3.05) is 31.7 Å². The van der Waals surface area contributed by atoms with Crippen LogP contribution in [-0.4, -0.2) is 63.0 Å². The second-order valence-corrected chi connectivity index (χ2v) is 10.1. The number of rotatable bonds is 12. The molecular formula is C26H30N4O7S. The molecule has 12 heteroatoms. The maximum absolute atomic E-state index is 13.2. The summed E-state index contributed by atoms with van der Waals surface area (Å²) in [7, 11) is -2.44. The maximum Gasteiger partial charge on any atom is 0.263 e. The Morgan fingerprint density at radius 3 is 2.68 bits per heavy atom. The van der Waals surface area contributed by atoms with Crippen LogP contribution in [0.5, 0.6) is 11.6 Å². The van der Waals surface area contributed by atoms with Crippen LogP contribution in [-0.2, 0) is 25.9 Å². The molecule has 0 amide bonds. The molecule has 0 saturated carbocycles. The minimum Gasteiger partial charge on any atom is -0.496 e. The first-order chi connectivity index (χ1) is 18.5. The third-order valence-electron chi connectivity index (χ3n) is 5.86. The number of oxime groups is 1. The fourth-order valence-electron chi connectivity index (χ4n) is 3.95. The summed E-state index contributed by atoms with van der Waals surface area (Å²) < 4.78 is 51.7. The van der Waals surface area contributed by atoms with Gasteiger partial charge in [0.1, 0.15) is 18.7 Å². The number of hydrogen-bond acceptors (Lipinski definition) is 10. The molecule has 2 heterocycles. The summed E-state index contributed by atoms with van der Waals surface area (Å²) >= 11 is 0. The lowest BCUT2D eigenvalue weighted by Gasteiger charge is -2.22. The highest BCUT2D eigenvalue weighted by Gasteiger charge is 2.22. The van der Waals surface area contributed by atoms with Gasteiger partial charge in [0.05, 0.1) is 30.4 Å². The smallest absolute Gasteiger partial charge is 0.263 e. The SMILES string of the molecule is COc1ccccc1Cc1c(NS(=O)(=O)c2ccc(C=NO)cc2)ncnc1OCCOC1CCCCO1. The van der Waals surface area contributed by atoms with Gasteiger partial charge in [-0.3, -0.25) is 4.72 Å². The Kier molecular flexibility index (Phi) is 9.46. The van der Waals surface area contributed by atoms with E-state index in [1.54, 1.807) is 7.11 Å². The Morgan fingerprint density at radius 2 is 1.95 bits per heavy atom.